The van der Waals surface area contributed by atoms with Crippen LogP contribution in [0.4, 0.5) is 17.3 Å². The molecule has 2 aliphatic rings. The minimum absolute atomic E-state index is 0.405. The standard InChI is InChI=1S/C29H34ClN7O2/c1-35-9-11-36(12-10-35)13-14-39-25-16-26(38-2)24(15-23(25)31)33-29-32-17-22(30)27(34-29)21-18-37-8-4-6-19-5-3-7-20(21)28(19)37/h3,5,7,15-18H,4,6,8-14,31H2,1-2H3,(H,32,33,34). The fourth-order valence-corrected chi connectivity index (χ4v) is 5.70. The molecule has 1 saturated heterocycles. The number of nitrogens with one attached hydrogen (secondary N) is 1. The van der Waals surface area contributed by atoms with E-state index in [4.69, 9.17) is 31.8 Å². The maximum absolute atomic E-state index is 6.63. The molecule has 0 bridgehead atoms. The summed E-state index contributed by atoms with van der Waals surface area (Å²) in [4.78, 5) is 14.0. The SMILES string of the molecule is COc1cc(OCCN2CCN(C)CC2)c(N)cc1Nc1ncc(Cl)c(-c2cn3c4c(cccc24)CCC3)n1. The van der Waals surface area contributed by atoms with Crippen molar-refractivity contribution in [1.82, 2.24) is 24.3 Å². The van der Waals surface area contributed by atoms with Gasteiger partial charge in [-0.05, 0) is 31.5 Å². The van der Waals surface area contributed by atoms with Crippen molar-refractivity contribution in [2.75, 3.05) is 64.5 Å². The van der Waals surface area contributed by atoms with Gasteiger partial charge in [0.2, 0.25) is 5.95 Å². The second-order valence-electron chi connectivity index (χ2n) is 10.3. The Hall–Kier alpha value is -3.53. The van der Waals surface area contributed by atoms with E-state index in [9.17, 15) is 0 Å². The Morgan fingerprint density at radius 1 is 1.10 bits per heavy atom. The lowest BCUT2D eigenvalue weighted by atomic mass is 10.0. The molecule has 4 aromatic rings. The molecule has 39 heavy (non-hydrogen) atoms. The van der Waals surface area contributed by atoms with Crippen molar-refractivity contribution in [3.8, 4) is 22.8 Å². The number of para-hydroxylation sites is 1. The molecule has 9 nitrogen and oxygen atoms in total. The van der Waals surface area contributed by atoms with Gasteiger partial charge in [-0.1, -0.05) is 29.8 Å². The molecule has 2 aromatic heterocycles. The molecule has 2 aromatic carbocycles. The van der Waals surface area contributed by atoms with E-state index < -0.39 is 0 Å². The molecule has 0 unspecified atom stereocenters. The maximum Gasteiger partial charge on any atom is 0.227 e. The summed E-state index contributed by atoms with van der Waals surface area (Å²) in [6, 6.07) is 10.0. The second kappa shape index (κ2) is 10.9. The van der Waals surface area contributed by atoms with E-state index in [-0.39, 0.29) is 0 Å². The molecule has 0 atom stereocenters. The Morgan fingerprint density at radius 2 is 1.95 bits per heavy atom. The Bertz CT molecular complexity index is 1500. The van der Waals surface area contributed by atoms with Crippen LogP contribution >= 0.6 is 11.6 Å². The summed E-state index contributed by atoms with van der Waals surface area (Å²) in [5.41, 5.74) is 11.9. The molecular formula is C29H34ClN7O2. The number of nitrogens with zero attached hydrogens (tertiary/aromatic N) is 5. The number of rotatable bonds is 8. The zero-order chi connectivity index (χ0) is 26.9. The quantitative estimate of drug-likeness (QED) is 0.308. The molecule has 0 radical (unpaired) electrons. The number of nitrogens with two attached hydrogens (primary N) is 1. The number of piperazine rings is 1. The largest absolute Gasteiger partial charge is 0.494 e. The van der Waals surface area contributed by atoms with Crippen LogP contribution in [0.3, 0.4) is 0 Å². The van der Waals surface area contributed by atoms with E-state index in [1.54, 1.807) is 19.4 Å². The molecule has 0 spiro atoms. The van der Waals surface area contributed by atoms with Gasteiger partial charge in [0.15, 0.2) is 0 Å². The third kappa shape index (κ3) is 5.22. The highest BCUT2D eigenvalue weighted by Gasteiger charge is 2.20. The number of benzene rings is 2. The van der Waals surface area contributed by atoms with Gasteiger partial charge in [0, 0.05) is 62.5 Å². The van der Waals surface area contributed by atoms with Gasteiger partial charge in [-0.15, -0.1) is 0 Å². The van der Waals surface area contributed by atoms with Crippen molar-refractivity contribution in [2.24, 2.45) is 0 Å². The predicted octanol–water partition coefficient (Wildman–Crippen LogP) is 4.66. The number of anilines is 3. The summed E-state index contributed by atoms with van der Waals surface area (Å²) in [5, 5.41) is 4.92. The van der Waals surface area contributed by atoms with E-state index in [1.165, 1.54) is 11.1 Å². The topological polar surface area (TPSA) is 93.7 Å². The minimum atomic E-state index is 0.405. The summed E-state index contributed by atoms with van der Waals surface area (Å²) in [6.07, 6.45) is 5.99. The first kappa shape index (κ1) is 25.7. The van der Waals surface area contributed by atoms with E-state index in [1.807, 2.05) is 6.07 Å². The Labute approximate surface area is 233 Å². The first-order chi connectivity index (χ1) is 19.0. The third-order valence-corrected chi connectivity index (χ3v) is 7.94. The number of aryl methyl sites for hydroxylation is 2. The first-order valence-electron chi connectivity index (χ1n) is 13.4. The second-order valence-corrected chi connectivity index (χ2v) is 10.7. The van der Waals surface area contributed by atoms with Gasteiger partial charge >= 0.3 is 0 Å². The van der Waals surface area contributed by atoms with Gasteiger partial charge in [-0.3, -0.25) is 4.90 Å². The zero-order valence-electron chi connectivity index (χ0n) is 22.4. The van der Waals surface area contributed by atoms with Crippen molar-refractivity contribution in [3.05, 3.63) is 53.3 Å². The van der Waals surface area contributed by atoms with Gasteiger partial charge < -0.3 is 30.0 Å². The van der Waals surface area contributed by atoms with Crippen LogP contribution in [-0.4, -0.2) is 77.8 Å². The highest BCUT2D eigenvalue weighted by Crippen LogP contribution is 2.39. The minimum Gasteiger partial charge on any atom is -0.494 e. The van der Waals surface area contributed by atoms with Crippen molar-refractivity contribution in [1.29, 1.82) is 0 Å². The average molecular weight is 548 g/mol. The number of aromatic nitrogens is 3. The van der Waals surface area contributed by atoms with Gasteiger partial charge in [-0.25, -0.2) is 9.97 Å². The number of methoxy groups -OCH3 is 1. The van der Waals surface area contributed by atoms with Crippen molar-refractivity contribution < 1.29 is 9.47 Å². The maximum atomic E-state index is 6.63. The Kier molecular flexibility index (Phi) is 7.20. The molecule has 6 rings (SSSR count). The number of likely N-dealkylation sites (N-methyl/N-ethyl adjacent to an activating group) is 1. The summed E-state index contributed by atoms with van der Waals surface area (Å²) in [6.45, 7) is 6.65. The van der Waals surface area contributed by atoms with Gasteiger partial charge in [0.25, 0.3) is 0 Å². The Balaban J connectivity index is 1.22. The molecule has 2 aliphatic heterocycles. The summed E-state index contributed by atoms with van der Waals surface area (Å²) >= 11 is 6.63. The molecule has 204 valence electrons. The normalized spacial score (nSPS) is 16.0. The van der Waals surface area contributed by atoms with Gasteiger partial charge in [0.1, 0.15) is 18.1 Å². The molecular weight excluding hydrogens is 514 g/mol. The third-order valence-electron chi connectivity index (χ3n) is 7.67. The van der Waals surface area contributed by atoms with Crippen LogP contribution in [0.15, 0.2) is 42.7 Å². The fraction of sp³-hybridized carbons (Fsp3) is 0.379. The molecule has 4 heterocycles. The van der Waals surface area contributed by atoms with Crippen LogP contribution < -0.4 is 20.5 Å². The summed E-state index contributed by atoms with van der Waals surface area (Å²) in [7, 11) is 3.77. The van der Waals surface area contributed by atoms with Crippen LogP contribution in [0.1, 0.15) is 12.0 Å². The van der Waals surface area contributed by atoms with Gasteiger partial charge in [-0.2, -0.15) is 0 Å². The average Bonchev–Trinajstić information content (AvgIpc) is 3.32. The number of ether oxygens (including phenoxy) is 2. The molecule has 3 N–H and O–H groups in total. The highest BCUT2D eigenvalue weighted by molar-refractivity contribution is 6.33. The number of hydrogen-bond donors (Lipinski definition) is 2. The number of halogens is 1. The summed E-state index contributed by atoms with van der Waals surface area (Å²) < 4.78 is 14.0. The molecule has 1 fully saturated rings. The monoisotopic (exact) mass is 547 g/mol. The predicted molar refractivity (Wildman–Crippen MR) is 156 cm³/mol. The van der Waals surface area contributed by atoms with Crippen molar-refractivity contribution in [2.45, 2.75) is 19.4 Å². The molecule has 0 saturated carbocycles. The molecule has 10 heteroatoms. The fourth-order valence-electron chi connectivity index (χ4n) is 5.51. The van der Waals surface area contributed by atoms with Crippen LogP contribution in [0.5, 0.6) is 11.5 Å². The molecule has 0 aliphatic carbocycles. The first-order valence-corrected chi connectivity index (χ1v) is 13.8. The highest BCUT2D eigenvalue weighted by atomic mass is 35.5. The lowest BCUT2D eigenvalue weighted by Gasteiger charge is -2.32. The Morgan fingerprint density at radius 3 is 2.77 bits per heavy atom. The molecule has 0 amide bonds. The van der Waals surface area contributed by atoms with Crippen LogP contribution in [-0.2, 0) is 13.0 Å². The van der Waals surface area contributed by atoms with E-state index in [2.05, 4.69) is 56.1 Å². The number of nitrogen functional groups attached to an aromatic ring is 1. The summed E-state index contributed by atoms with van der Waals surface area (Å²) in [5.74, 6) is 1.59. The van der Waals surface area contributed by atoms with Crippen molar-refractivity contribution >= 4 is 39.8 Å². The smallest absolute Gasteiger partial charge is 0.227 e. The lowest BCUT2D eigenvalue weighted by molar-refractivity contribution is 0.134. The van der Waals surface area contributed by atoms with E-state index in [0.717, 1.165) is 63.1 Å². The van der Waals surface area contributed by atoms with Crippen LogP contribution in [0, 0.1) is 0 Å². The van der Waals surface area contributed by atoms with Gasteiger partial charge in [0.05, 0.1) is 40.9 Å². The van der Waals surface area contributed by atoms with Crippen molar-refractivity contribution in [3.63, 3.8) is 0 Å². The van der Waals surface area contributed by atoms with Crippen LogP contribution in [0.2, 0.25) is 5.02 Å². The van der Waals surface area contributed by atoms with E-state index >= 15 is 0 Å². The lowest BCUT2D eigenvalue weighted by Crippen LogP contribution is -2.45. The zero-order valence-corrected chi connectivity index (χ0v) is 23.2. The van der Waals surface area contributed by atoms with Crippen LogP contribution in [0.25, 0.3) is 22.2 Å². The number of hydrogen-bond acceptors (Lipinski definition) is 8. The van der Waals surface area contributed by atoms with E-state index in [0.29, 0.717) is 46.1 Å².